The van der Waals surface area contributed by atoms with Crippen molar-refractivity contribution < 1.29 is 19.1 Å². The first kappa shape index (κ1) is 24.5. The van der Waals surface area contributed by atoms with Crippen molar-refractivity contribution in [3.63, 3.8) is 0 Å². The van der Waals surface area contributed by atoms with Crippen LogP contribution in [-0.4, -0.2) is 40.6 Å². The van der Waals surface area contributed by atoms with Gasteiger partial charge in [-0.2, -0.15) is 0 Å². The number of ether oxygens (including phenoxy) is 2. The fourth-order valence-electron chi connectivity index (χ4n) is 4.78. The van der Waals surface area contributed by atoms with Crippen LogP contribution in [0.2, 0.25) is 5.02 Å². The molecular formula is C27H28ClN3O4. The Balaban J connectivity index is 1.96. The third-order valence-electron chi connectivity index (χ3n) is 6.53. The van der Waals surface area contributed by atoms with E-state index in [2.05, 4.69) is 4.57 Å². The summed E-state index contributed by atoms with van der Waals surface area (Å²) in [5, 5.41) is 0.447. The van der Waals surface area contributed by atoms with Crippen molar-refractivity contribution in [3.05, 3.63) is 87.5 Å². The van der Waals surface area contributed by atoms with Crippen molar-refractivity contribution in [2.75, 3.05) is 14.2 Å². The predicted octanol–water partition coefficient (Wildman–Crippen LogP) is 5.20. The van der Waals surface area contributed by atoms with Gasteiger partial charge < -0.3 is 18.9 Å². The first-order chi connectivity index (χ1) is 16.8. The van der Waals surface area contributed by atoms with Gasteiger partial charge in [0.1, 0.15) is 12.5 Å². The summed E-state index contributed by atoms with van der Waals surface area (Å²) in [6, 6.07) is 15.1. The molecule has 182 valence electrons. The molecule has 0 spiro atoms. The van der Waals surface area contributed by atoms with Crippen LogP contribution < -0.4 is 0 Å². The molecule has 0 bridgehead atoms. The second-order valence-corrected chi connectivity index (χ2v) is 8.71. The maximum atomic E-state index is 13.2. The highest BCUT2D eigenvalue weighted by Gasteiger charge is 2.41. The number of rotatable bonds is 6. The Morgan fingerprint density at radius 2 is 1.51 bits per heavy atom. The molecule has 35 heavy (non-hydrogen) atoms. The fourth-order valence-corrected chi connectivity index (χ4v) is 5.03. The number of para-hydroxylation sites is 2. The molecule has 0 amide bonds. The lowest BCUT2D eigenvalue weighted by Crippen LogP contribution is -2.36. The highest BCUT2D eigenvalue weighted by atomic mass is 35.5. The van der Waals surface area contributed by atoms with E-state index in [0.717, 1.165) is 23.3 Å². The summed E-state index contributed by atoms with van der Waals surface area (Å²) in [7, 11) is 2.66. The number of carbonyl (C=O) groups is 2. The minimum atomic E-state index is -0.731. The topological polar surface area (TPSA) is 73.7 Å². The molecule has 0 aliphatic carbocycles. The molecule has 0 N–H and O–H groups in total. The van der Waals surface area contributed by atoms with Gasteiger partial charge in [-0.05, 0) is 37.6 Å². The lowest BCUT2D eigenvalue weighted by molar-refractivity contribution is -0.137. The summed E-state index contributed by atoms with van der Waals surface area (Å²) in [5.74, 6) is -0.889. The Labute approximate surface area is 209 Å². The second kappa shape index (κ2) is 9.96. The molecule has 0 fully saturated rings. The van der Waals surface area contributed by atoms with Crippen molar-refractivity contribution in [2.24, 2.45) is 0 Å². The zero-order chi connectivity index (χ0) is 25.3. The maximum Gasteiger partial charge on any atom is 0.336 e. The molecule has 1 aromatic heterocycles. The van der Waals surface area contributed by atoms with E-state index >= 15 is 0 Å². The van der Waals surface area contributed by atoms with E-state index in [1.807, 2.05) is 62.1 Å². The van der Waals surface area contributed by atoms with Crippen molar-refractivity contribution in [1.29, 1.82) is 0 Å². The first-order valence-corrected chi connectivity index (χ1v) is 11.8. The van der Waals surface area contributed by atoms with Gasteiger partial charge in [-0.15, -0.1) is 0 Å². The lowest BCUT2D eigenvalue weighted by atomic mass is 9.79. The molecule has 7 nitrogen and oxygen atoms in total. The molecule has 0 atom stereocenters. The van der Waals surface area contributed by atoms with E-state index in [4.69, 9.17) is 26.1 Å². The summed E-state index contributed by atoms with van der Waals surface area (Å²) in [4.78, 5) is 33.1. The number of aryl methyl sites for hydroxylation is 1. The van der Waals surface area contributed by atoms with Gasteiger partial charge in [0.05, 0.1) is 42.3 Å². The van der Waals surface area contributed by atoms with E-state index in [-0.39, 0.29) is 0 Å². The van der Waals surface area contributed by atoms with Gasteiger partial charge >= 0.3 is 11.9 Å². The minimum Gasteiger partial charge on any atom is -0.466 e. The zero-order valence-corrected chi connectivity index (χ0v) is 21.2. The van der Waals surface area contributed by atoms with E-state index in [9.17, 15) is 9.59 Å². The average Bonchev–Trinajstić information content (AvgIpc) is 3.23. The van der Waals surface area contributed by atoms with Crippen LogP contribution in [0.5, 0.6) is 0 Å². The second-order valence-electron chi connectivity index (χ2n) is 8.30. The highest BCUT2D eigenvalue weighted by Crippen LogP contribution is 2.45. The monoisotopic (exact) mass is 493 g/mol. The number of hydrogen-bond acceptors (Lipinski definition) is 6. The Kier molecular flexibility index (Phi) is 6.98. The van der Waals surface area contributed by atoms with Crippen LogP contribution in [0.1, 0.15) is 38.1 Å². The van der Waals surface area contributed by atoms with Crippen LogP contribution in [0.4, 0.5) is 0 Å². The predicted molar refractivity (Wildman–Crippen MR) is 135 cm³/mol. The molecule has 2 heterocycles. The molecule has 0 saturated carbocycles. The summed E-state index contributed by atoms with van der Waals surface area (Å²) >= 11 is 6.56. The van der Waals surface area contributed by atoms with Crippen LogP contribution in [0.25, 0.3) is 11.0 Å². The number of aromatic nitrogens is 2. The van der Waals surface area contributed by atoms with Crippen LogP contribution in [0.3, 0.4) is 0 Å². The SMILES string of the molecule is CCc1nc2ccccc2n1CN1C(C)=C(C(=O)OC)C(c2ccccc2Cl)C(C(=O)OC)=C1C. The van der Waals surface area contributed by atoms with E-state index in [1.165, 1.54) is 14.2 Å². The molecule has 1 aliphatic heterocycles. The van der Waals surface area contributed by atoms with Crippen LogP contribution in [0.15, 0.2) is 71.1 Å². The Bertz CT molecular complexity index is 1330. The highest BCUT2D eigenvalue weighted by molar-refractivity contribution is 6.31. The summed E-state index contributed by atoms with van der Waals surface area (Å²) in [6.07, 6.45) is 0.726. The lowest BCUT2D eigenvalue weighted by Gasteiger charge is -2.38. The van der Waals surface area contributed by atoms with Crippen molar-refractivity contribution in [2.45, 2.75) is 39.8 Å². The smallest absolute Gasteiger partial charge is 0.336 e. The van der Waals surface area contributed by atoms with E-state index in [0.29, 0.717) is 39.8 Å². The number of imidazole rings is 1. The number of allylic oxidation sites excluding steroid dienone is 2. The van der Waals surface area contributed by atoms with Crippen molar-refractivity contribution in [3.8, 4) is 0 Å². The number of halogens is 1. The molecule has 2 aromatic carbocycles. The molecule has 0 saturated heterocycles. The fraction of sp³-hybridized carbons (Fsp3) is 0.296. The summed E-state index contributed by atoms with van der Waals surface area (Å²) < 4.78 is 12.5. The van der Waals surface area contributed by atoms with Gasteiger partial charge in [-0.3, -0.25) is 0 Å². The number of benzene rings is 2. The Morgan fingerprint density at radius 1 is 0.943 bits per heavy atom. The van der Waals surface area contributed by atoms with E-state index in [1.54, 1.807) is 12.1 Å². The molecule has 1 aliphatic rings. The number of esters is 2. The van der Waals surface area contributed by atoms with E-state index < -0.39 is 17.9 Å². The average molecular weight is 494 g/mol. The third-order valence-corrected chi connectivity index (χ3v) is 6.87. The summed E-state index contributed by atoms with van der Waals surface area (Å²) in [6.45, 7) is 6.13. The molecule has 0 radical (unpaired) electrons. The van der Waals surface area contributed by atoms with Crippen molar-refractivity contribution in [1.82, 2.24) is 14.5 Å². The molecule has 4 rings (SSSR count). The zero-order valence-electron chi connectivity index (χ0n) is 20.5. The maximum absolute atomic E-state index is 13.2. The van der Waals surface area contributed by atoms with Gasteiger partial charge in [0.25, 0.3) is 0 Å². The largest absolute Gasteiger partial charge is 0.466 e. The quantitative estimate of drug-likeness (QED) is 0.439. The molecule has 8 heteroatoms. The van der Waals surface area contributed by atoms with Crippen LogP contribution >= 0.6 is 11.6 Å². The van der Waals surface area contributed by atoms with Gasteiger partial charge in [0, 0.05) is 22.8 Å². The standard InChI is InChI=1S/C27H28ClN3O4/c1-6-22-29-20-13-9-10-14-21(20)31(22)15-30-16(2)23(26(32)34-4)25(18-11-7-8-12-19(18)28)24(17(30)3)27(33)35-5/h7-14,25H,6,15H2,1-5H3. The third kappa shape index (κ3) is 4.21. The molecular weight excluding hydrogens is 466 g/mol. The number of methoxy groups -OCH3 is 2. The van der Waals surface area contributed by atoms with Gasteiger partial charge in [0.15, 0.2) is 0 Å². The van der Waals surface area contributed by atoms with Gasteiger partial charge in [0.2, 0.25) is 0 Å². The number of hydrogen-bond donors (Lipinski definition) is 0. The van der Waals surface area contributed by atoms with Crippen LogP contribution in [-0.2, 0) is 32.2 Å². The molecule has 3 aromatic rings. The first-order valence-electron chi connectivity index (χ1n) is 11.4. The minimum absolute atomic E-state index is 0.342. The van der Waals surface area contributed by atoms with Crippen molar-refractivity contribution >= 4 is 34.6 Å². The summed E-state index contributed by atoms with van der Waals surface area (Å²) in [5.41, 5.74) is 4.52. The van der Waals surface area contributed by atoms with Gasteiger partial charge in [-0.25, -0.2) is 14.6 Å². The molecule has 0 unspecified atom stereocenters. The number of carbonyl (C=O) groups excluding carboxylic acids is 2. The number of nitrogens with zero attached hydrogens (tertiary/aromatic N) is 3. The number of fused-ring (bicyclic) bond motifs is 1. The van der Waals surface area contributed by atoms with Gasteiger partial charge in [-0.1, -0.05) is 48.9 Å². The van der Waals surface area contributed by atoms with Crippen LogP contribution in [0, 0.1) is 0 Å². The Morgan fingerprint density at radius 3 is 2.09 bits per heavy atom. The Hall–Kier alpha value is -3.58. The normalized spacial score (nSPS) is 14.6.